The Kier molecular flexibility index (Phi) is 5.81. The minimum atomic E-state index is -0.831. The summed E-state index contributed by atoms with van der Waals surface area (Å²) in [5.74, 6) is -1.48. The molecule has 138 valence electrons. The number of anilines is 1. The smallest absolute Gasteiger partial charge is 0.314 e. The van der Waals surface area contributed by atoms with Crippen LogP contribution in [0.4, 0.5) is 5.82 Å². The number of aromatic nitrogens is 2. The zero-order chi connectivity index (χ0) is 19.4. The lowest BCUT2D eigenvalue weighted by molar-refractivity contribution is -0.136. The topological polar surface area (TPSA) is 118 Å². The van der Waals surface area contributed by atoms with Crippen LogP contribution in [0.1, 0.15) is 32.9 Å². The Labute approximate surface area is 151 Å². The van der Waals surface area contributed by atoms with Crippen LogP contribution in [0.15, 0.2) is 28.2 Å². The molecule has 2 heterocycles. The first kappa shape index (κ1) is 19.2. The second-order valence-electron chi connectivity index (χ2n) is 6.37. The number of aryl methyl sites for hydroxylation is 1. The summed E-state index contributed by atoms with van der Waals surface area (Å²) in [7, 11) is 0. The Morgan fingerprint density at radius 2 is 1.92 bits per heavy atom. The van der Waals surface area contributed by atoms with Gasteiger partial charge in [-0.25, -0.2) is 4.99 Å². The van der Waals surface area contributed by atoms with E-state index in [-0.39, 0.29) is 17.4 Å². The minimum Gasteiger partial charge on any atom is -0.348 e. The molecule has 0 aliphatic carbocycles. The van der Waals surface area contributed by atoms with Crippen LogP contribution >= 0.6 is 0 Å². The van der Waals surface area contributed by atoms with Crippen LogP contribution in [0.3, 0.4) is 0 Å². The summed E-state index contributed by atoms with van der Waals surface area (Å²) in [4.78, 5) is 43.8. The number of nitrogens with zero attached hydrogens (tertiary/aromatic N) is 4. The van der Waals surface area contributed by atoms with Crippen LogP contribution < -0.4 is 10.6 Å². The normalized spacial score (nSPS) is 14.2. The largest absolute Gasteiger partial charge is 0.348 e. The highest BCUT2D eigenvalue weighted by Gasteiger charge is 2.22. The van der Waals surface area contributed by atoms with E-state index >= 15 is 0 Å². The summed E-state index contributed by atoms with van der Waals surface area (Å²) in [6, 6.07) is 1.56. The monoisotopic (exact) mass is 358 g/mol. The Morgan fingerprint density at radius 1 is 1.23 bits per heavy atom. The highest BCUT2D eigenvalue weighted by molar-refractivity contribution is 6.39. The lowest BCUT2D eigenvalue weighted by Crippen LogP contribution is -2.37. The third-order valence-corrected chi connectivity index (χ3v) is 3.64. The highest BCUT2D eigenvalue weighted by Crippen LogP contribution is 2.14. The number of rotatable bonds is 4. The van der Waals surface area contributed by atoms with Gasteiger partial charge in [-0.3, -0.25) is 14.4 Å². The average Bonchev–Trinajstić information content (AvgIpc) is 2.92. The van der Waals surface area contributed by atoms with Gasteiger partial charge >= 0.3 is 11.8 Å². The van der Waals surface area contributed by atoms with E-state index in [1.54, 1.807) is 19.9 Å². The van der Waals surface area contributed by atoms with Crippen LogP contribution in [0, 0.1) is 12.8 Å². The van der Waals surface area contributed by atoms with Gasteiger partial charge in [-0.1, -0.05) is 20.4 Å². The Hall–Kier alpha value is -3.10. The molecule has 0 saturated heterocycles. The van der Waals surface area contributed by atoms with E-state index in [0.29, 0.717) is 23.9 Å². The molecule has 1 aromatic rings. The molecule has 1 aromatic heterocycles. The first-order chi connectivity index (χ1) is 12.2. The number of amides is 3. The second kappa shape index (κ2) is 7.85. The molecule has 0 bridgehead atoms. The van der Waals surface area contributed by atoms with Crippen molar-refractivity contribution in [3.8, 4) is 0 Å². The van der Waals surface area contributed by atoms with Crippen LogP contribution in [0.5, 0.6) is 0 Å². The van der Waals surface area contributed by atoms with E-state index in [1.165, 1.54) is 4.68 Å². The van der Waals surface area contributed by atoms with E-state index < -0.39 is 17.7 Å². The zero-order valence-corrected chi connectivity index (χ0v) is 15.3. The molecule has 0 saturated carbocycles. The number of carbonyl (C=O) groups excluding carboxylic acids is 3. The van der Waals surface area contributed by atoms with Crippen molar-refractivity contribution in [1.29, 1.82) is 0 Å². The van der Waals surface area contributed by atoms with Crippen molar-refractivity contribution in [3.63, 3.8) is 0 Å². The van der Waals surface area contributed by atoms with Crippen molar-refractivity contribution in [3.05, 3.63) is 23.9 Å². The van der Waals surface area contributed by atoms with Gasteiger partial charge in [-0.05, 0) is 26.2 Å². The number of hydrogen-bond acceptors (Lipinski definition) is 5. The van der Waals surface area contributed by atoms with E-state index in [4.69, 9.17) is 0 Å². The molecule has 26 heavy (non-hydrogen) atoms. The van der Waals surface area contributed by atoms with Gasteiger partial charge in [0.15, 0.2) is 0 Å². The molecule has 9 heteroatoms. The number of aliphatic imine (C=N–C) groups is 2. The summed E-state index contributed by atoms with van der Waals surface area (Å²) < 4.78 is 1.21. The molecule has 0 aromatic carbocycles. The molecular weight excluding hydrogens is 336 g/mol. The summed E-state index contributed by atoms with van der Waals surface area (Å²) in [5, 5.41) is 9.21. The minimum absolute atomic E-state index is 0.00326. The molecule has 9 nitrogen and oxygen atoms in total. The Balaban J connectivity index is 2.16. The third-order valence-electron chi connectivity index (χ3n) is 3.64. The van der Waals surface area contributed by atoms with Gasteiger partial charge in [0.1, 0.15) is 5.82 Å². The van der Waals surface area contributed by atoms with Crippen LogP contribution in [-0.4, -0.2) is 45.7 Å². The van der Waals surface area contributed by atoms with Crippen LogP contribution in [-0.2, 0) is 14.4 Å². The third kappa shape index (κ3) is 4.50. The fourth-order valence-corrected chi connectivity index (χ4v) is 2.12. The van der Waals surface area contributed by atoms with Gasteiger partial charge in [-0.15, -0.1) is 0 Å². The molecule has 3 amide bonds. The number of hydrogen-bond donors (Lipinski definition) is 2. The van der Waals surface area contributed by atoms with E-state index in [9.17, 15) is 14.4 Å². The Morgan fingerprint density at radius 3 is 2.54 bits per heavy atom. The first-order valence-corrected chi connectivity index (χ1v) is 8.23. The van der Waals surface area contributed by atoms with Gasteiger partial charge in [0, 0.05) is 12.6 Å². The lowest BCUT2D eigenvalue weighted by atomic mass is 10.1. The van der Waals surface area contributed by atoms with Crippen LogP contribution in [0.25, 0.3) is 0 Å². The highest BCUT2D eigenvalue weighted by atomic mass is 16.2. The summed E-state index contributed by atoms with van der Waals surface area (Å²) in [6.45, 7) is 11.4. The van der Waals surface area contributed by atoms with Crippen molar-refractivity contribution in [2.24, 2.45) is 15.9 Å². The maximum absolute atomic E-state index is 12.1. The molecule has 0 spiro atoms. The van der Waals surface area contributed by atoms with Gasteiger partial charge in [0.05, 0.1) is 17.0 Å². The van der Waals surface area contributed by atoms with Gasteiger partial charge < -0.3 is 10.6 Å². The number of nitrogens with one attached hydrogen (secondary N) is 2. The maximum Gasteiger partial charge on any atom is 0.314 e. The lowest BCUT2D eigenvalue weighted by Gasteiger charge is -2.12. The average molecular weight is 358 g/mol. The molecule has 2 N–H and O–H groups in total. The zero-order valence-electron chi connectivity index (χ0n) is 15.3. The van der Waals surface area contributed by atoms with E-state index in [0.717, 1.165) is 6.42 Å². The fourth-order valence-electron chi connectivity index (χ4n) is 2.12. The van der Waals surface area contributed by atoms with E-state index in [2.05, 4.69) is 32.3 Å². The van der Waals surface area contributed by atoms with E-state index in [1.807, 2.05) is 13.8 Å². The van der Waals surface area contributed by atoms with Crippen molar-refractivity contribution < 1.29 is 14.4 Å². The molecule has 2 rings (SSSR count). The molecular formula is C17H22N6O3. The van der Waals surface area contributed by atoms with Crippen molar-refractivity contribution in [2.45, 2.75) is 34.1 Å². The summed E-state index contributed by atoms with van der Waals surface area (Å²) >= 11 is 0. The van der Waals surface area contributed by atoms with Gasteiger partial charge in [0.25, 0.3) is 11.9 Å². The first-order valence-electron chi connectivity index (χ1n) is 8.23. The predicted octanol–water partition coefficient (Wildman–Crippen LogP) is 1.05. The predicted molar refractivity (Wildman–Crippen MR) is 98.1 cm³/mol. The van der Waals surface area contributed by atoms with Crippen molar-refractivity contribution in [1.82, 2.24) is 15.1 Å². The SMILES string of the molecule is C=C1C(=O)N=C(n2nc(C)cc2NC(=O)C(=O)NCCC(C)C)N=C1C. The summed E-state index contributed by atoms with van der Waals surface area (Å²) in [5.41, 5.74) is 1.18. The molecule has 1 aliphatic rings. The van der Waals surface area contributed by atoms with Crippen LogP contribution in [0.2, 0.25) is 0 Å². The standard InChI is InChI=1S/C17H22N6O3/c1-9(2)6-7-18-15(25)16(26)20-13-8-10(3)22-23(13)17-19-12(5)11(4)14(24)21-17/h8-9H,4,6-7H2,1-3,5H3,(H,18,25)(H,20,26). The second-order valence-corrected chi connectivity index (χ2v) is 6.37. The maximum atomic E-state index is 12.1. The fraction of sp³-hybridized carbons (Fsp3) is 0.412. The molecule has 0 fully saturated rings. The molecule has 0 atom stereocenters. The quantitative estimate of drug-likeness (QED) is 0.618. The number of carbonyl (C=O) groups is 3. The molecule has 0 unspecified atom stereocenters. The van der Waals surface area contributed by atoms with Gasteiger partial charge in [0.2, 0.25) is 0 Å². The molecule has 1 aliphatic heterocycles. The summed E-state index contributed by atoms with van der Waals surface area (Å²) in [6.07, 6.45) is 0.771. The van der Waals surface area contributed by atoms with Crippen molar-refractivity contribution >= 4 is 35.2 Å². The molecule has 0 radical (unpaired) electrons. The van der Waals surface area contributed by atoms with Gasteiger partial charge in [-0.2, -0.15) is 14.8 Å². The Bertz CT molecular complexity index is 832. The van der Waals surface area contributed by atoms with Crippen molar-refractivity contribution in [2.75, 3.05) is 11.9 Å².